The maximum atomic E-state index is 12.1. The highest BCUT2D eigenvalue weighted by molar-refractivity contribution is 6.30. The number of benzene rings is 1. The average Bonchev–Trinajstić information content (AvgIpc) is 2.85. The van der Waals surface area contributed by atoms with Crippen LogP contribution in [0.25, 0.3) is 0 Å². The summed E-state index contributed by atoms with van der Waals surface area (Å²) >= 11 is 5.83. The van der Waals surface area contributed by atoms with Gasteiger partial charge in [0.25, 0.3) is 5.91 Å². The zero-order valence-corrected chi connectivity index (χ0v) is 13.6. The van der Waals surface area contributed by atoms with Crippen LogP contribution in [0.15, 0.2) is 28.8 Å². The van der Waals surface area contributed by atoms with Crippen LogP contribution in [0.2, 0.25) is 5.02 Å². The van der Waals surface area contributed by atoms with Gasteiger partial charge in [0.2, 0.25) is 0 Å². The second kappa shape index (κ2) is 7.31. The van der Waals surface area contributed by atoms with Gasteiger partial charge in [0.1, 0.15) is 18.1 Å². The summed E-state index contributed by atoms with van der Waals surface area (Å²) in [4.78, 5) is 12.1. The van der Waals surface area contributed by atoms with E-state index in [1.165, 1.54) is 0 Å². The van der Waals surface area contributed by atoms with E-state index in [0.29, 0.717) is 34.6 Å². The molecule has 2 rings (SSSR count). The Morgan fingerprint density at radius 3 is 2.68 bits per heavy atom. The number of halogens is 1. The number of nitrogens with zero attached hydrogens (tertiary/aromatic N) is 1. The van der Waals surface area contributed by atoms with Crippen molar-refractivity contribution in [1.29, 1.82) is 0 Å². The predicted molar refractivity (Wildman–Crippen MR) is 84.2 cm³/mol. The molecule has 1 aromatic heterocycles. The minimum Gasteiger partial charge on any atom is -0.489 e. The molecule has 22 heavy (non-hydrogen) atoms. The molecule has 1 heterocycles. The molecule has 5 nitrogen and oxygen atoms in total. The lowest BCUT2D eigenvalue weighted by atomic mass is 10.2. The minimum atomic E-state index is -0.250. The number of aryl methyl sites for hydroxylation is 1. The largest absolute Gasteiger partial charge is 0.489 e. The number of carbonyl (C=O) groups excluding carboxylic acids is 1. The first-order valence-corrected chi connectivity index (χ1v) is 7.47. The zero-order valence-electron chi connectivity index (χ0n) is 12.9. The van der Waals surface area contributed by atoms with Crippen molar-refractivity contribution in [3.8, 4) is 5.75 Å². The van der Waals surface area contributed by atoms with E-state index in [1.54, 1.807) is 31.2 Å². The Kier molecular flexibility index (Phi) is 5.44. The fraction of sp³-hybridized carbons (Fsp3) is 0.375. The molecule has 0 spiro atoms. The fourth-order valence-corrected chi connectivity index (χ4v) is 1.93. The van der Waals surface area contributed by atoms with Gasteiger partial charge < -0.3 is 14.6 Å². The van der Waals surface area contributed by atoms with E-state index >= 15 is 0 Å². The van der Waals surface area contributed by atoms with Gasteiger partial charge in [-0.25, -0.2) is 0 Å². The summed E-state index contributed by atoms with van der Waals surface area (Å²) in [5.74, 6) is 1.35. The Morgan fingerprint density at radius 2 is 2.05 bits per heavy atom. The van der Waals surface area contributed by atoms with Crippen molar-refractivity contribution in [3.63, 3.8) is 0 Å². The number of hydrogen-bond donors (Lipinski definition) is 1. The van der Waals surface area contributed by atoms with Gasteiger partial charge in [-0.2, -0.15) is 0 Å². The van der Waals surface area contributed by atoms with Crippen LogP contribution in [-0.2, 0) is 6.61 Å². The maximum absolute atomic E-state index is 12.1. The first kappa shape index (κ1) is 16.4. The van der Waals surface area contributed by atoms with Gasteiger partial charge in [0.05, 0.1) is 5.56 Å². The number of aromatic nitrogens is 1. The van der Waals surface area contributed by atoms with Crippen LogP contribution in [0, 0.1) is 12.8 Å². The Hall–Kier alpha value is -2.01. The van der Waals surface area contributed by atoms with Crippen molar-refractivity contribution in [2.24, 2.45) is 5.92 Å². The van der Waals surface area contributed by atoms with Gasteiger partial charge in [-0.15, -0.1) is 0 Å². The van der Waals surface area contributed by atoms with Crippen molar-refractivity contribution in [2.45, 2.75) is 27.4 Å². The van der Waals surface area contributed by atoms with Gasteiger partial charge in [-0.3, -0.25) is 4.79 Å². The maximum Gasteiger partial charge on any atom is 0.273 e. The standard InChI is InChI=1S/C16H19ClN2O3/c1-10(2)8-18-16(20)15-14(11(3)22-19-15)9-21-13-6-4-12(17)5-7-13/h4-7,10H,8-9H2,1-3H3,(H,18,20). The Balaban J connectivity index is 2.05. The van der Waals surface area contributed by atoms with E-state index in [2.05, 4.69) is 10.5 Å². The molecule has 0 atom stereocenters. The molecular formula is C16H19ClN2O3. The number of carbonyl (C=O) groups is 1. The van der Waals surface area contributed by atoms with Gasteiger partial charge in [-0.05, 0) is 37.1 Å². The van der Waals surface area contributed by atoms with Crippen molar-refractivity contribution >= 4 is 17.5 Å². The SMILES string of the molecule is Cc1onc(C(=O)NCC(C)C)c1COc1ccc(Cl)cc1. The van der Waals surface area contributed by atoms with Crippen molar-refractivity contribution in [1.82, 2.24) is 10.5 Å². The first-order valence-electron chi connectivity index (χ1n) is 7.09. The fourth-order valence-electron chi connectivity index (χ4n) is 1.81. The summed E-state index contributed by atoms with van der Waals surface area (Å²) in [6, 6.07) is 7.02. The zero-order chi connectivity index (χ0) is 16.1. The molecule has 0 aliphatic carbocycles. The van der Waals surface area contributed by atoms with Crippen LogP contribution in [-0.4, -0.2) is 17.6 Å². The summed E-state index contributed by atoms with van der Waals surface area (Å²) in [6.45, 7) is 6.61. The molecule has 0 radical (unpaired) electrons. The number of hydrogen-bond acceptors (Lipinski definition) is 4. The van der Waals surface area contributed by atoms with E-state index in [-0.39, 0.29) is 18.2 Å². The summed E-state index contributed by atoms with van der Waals surface area (Å²) in [5.41, 5.74) is 0.920. The van der Waals surface area contributed by atoms with Crippen LogP contribution in [0.3, 0.4) is 0 Å². The third-order valence-corrected chi connectivity index (χ3v) is 3.32. The smallest absolute Gasteiger partial charge is 0.273 e. The molecule has 1 amide bonds. The third-order valence-electron chi connectivity index (χ3n) is 3.07. The summed E-state index contributed by atoms with van der Waals surface area (Å²) < 4.78 is 10.8. The summed E-state index contributed by atoms with van der Waals surface area (Å²) in [6.07, 6.45) is 0. The highest BCUT2D eigenvalue weighted by Crippen LogP contribution is 2.19. The van der Waals surface area contributed by atoms with Crippen molar-refractivity contribution < 1.29 is 14.1 Å². The second-order valence-corrected chi connectivity index (χ2v) is 5.85. The summed E-state index contributed by atoms with van der Waals surface area (Å²) in [7, 11) is 0. The van der Waals surface area contributed by atoms with E-state index in [9.17, 15) is 4.79 Å². The van der Waals surface area contributed by atoms with Crippen molar-refractivity contribution in [2.75, 3.05) is 6.54 Å². The molecule has 2 aromatic rings. The normalized spacial score (nSPS) is 10.8. The van der Waals surface area contributed by atoms with Crippen LogP contribution >= 0.6 is 11.6 Å². The highest BCUT2D eigenvalue weighted by atomic mass is 35.5. The van der Waals surface area contributed by atoms with Crippen LogP contribution in [0.1, 0.15) is 35.7 Å². The molecule has 0 saturated heterocycles. The van der Waals surface area contributed by atoms with Gasteiger partial charge >= 0.3 is 0 Å². The third kappa shape index (κ3) is 4.24. The van der Waals surface area contributed by atoms with Gasteiger partial charge in [-0.1, -0.05) is 30.6 Å². The Labute approximate surface area is 134 Å². The van der Waals surface area contributed by atoms with E-state index in [1.807, 2.05) is 13.8 Å². The number of ether oxygens (including phenoxy) is 1. The average molecular weight is 323 g/mol. The highest BCUT2D eigenvalue weighted by Gasteiger charge is 2.20. The molecule has 0 aliphatic heterocycles. The van der Waals surface area contributed by atoms with Crippen LogP contribution < -0.4 is 10.1 Å². The lowest BCUT2D eigenvalue weighted by molar-refractivity contribution is 0.0937. The van der Waals surface area contributed by atoms with E-state index in [0.717, 1.165) is 0 Å². The minimum absolute atomic E-state index is 0.210. The topological polar surface area (TPSA) is 64.4 Å². The molecule has 6 heteroatoms. The van der Waals surface area contributed by atoms with Crippen molar-refractivity contribution in [3.05, 3.63) is 46.3 Å². The predicted octanol–water partition coefficient (Wildman–Crippen LogP) is 3.60. The summed E-state index contributed by atoms with van der Waals surface area (Å²) in [5, 5.41) is 7.30. The first-order chi connectivity index (χ1) is 10.5. The Morgan fingerprint density at radius 1 is 1.36 bits per heavy atom. The monoisotopic (exact) mass is 322 g/mol. The molecule has 0 saturated carbocycles. The molecule has 0 unspecified atom stereocenters. The van der Waals surface area contributed by atoms with E-state index in [4.69, 9.17) is 20.9 Å². The molecule has 0 fully saturated rings. The van der Waals surface area contributed by atoms with Crippen LogP contribution in [0.4, 0.5) is 0 Å². The molecule has 118 valence electrons. The molecular weight excluding hydrogens is 304 g/mol. The lowest BCUT2D eigenvalue weighted by Gasteiger charge is -2.08. The molecule has 0 aliphatic rings. The molecule has 1 aromatic carbocycles. The Bertz CT molecular complexity index is 635. The van der Waals surface area contributed by atoms with Gasteiger partial charge in [0, 0.05) is 11.6 Å². The van der Waals surface area contributed by atoms with Crippen LogP contribution in [0.5, 0.6) is 5.75 Å². The molecule has 1 N–H and O–H groups in total. The number of nitrogens with one attached hydrogen (secondary N) is 1. The number of amides is 1. The van der Waals surface area contributed by atoms with E-state index < -0.39 is 0 Å². The quantitative estimate of drug-likeness (QED) is 0.882. The van der Waals surface area contributed by atoms with Gasteiger partial charge in [0.15, 0.2) is 5.69 Å². The lowest BCUT2D eigenvalue weighted by Crippen LogP contribution is -2.28. The second-order valence-electron chi connectivity index (χ2n) is 5.41. The number of rotatable bonds is 6. The molecule has 0 bridgehead atoms.